The second-order valence-corrected chi connectivity index (χ2v) is 9.77. The average Bonchev–Trinajstić information content (AvgIpc) is 2.79. The molecule has 1 fully saturated rings. The molecule has 0 bridgehead atoms. The molecule has 0 unspecified atom stereocenters. The zero-order valence-corrected chi connectivity index (χ0v) is 19.8. The first-order chi connectivity index (χ1) is 15.6. The minimum atomic E-state index is -3.85. The summed E-state index contributed by atoms with van der Waals surface area (Å²) in [5, 5.41) is 11.9. The van der Waals surface area contributed by atoms with Gasteiger partial charge in [0.2, 0.25) is 10.0 Å². The standard InChI is InChI=1S/C21H24ClFN4O5S/c1-3-26(4-2)33(31,32)16-6-8-19(20(14-16)27(29)30)24-9-11-25(12-10-24)21(28)17-7-5-15(22)13-18(17)23/h5-8,13-14H,3-4,9-12H2,1-2H3. The van der Waals surface area contributed by atoms with Crippen molar-refractivity contribution < 1.29 is 22.5 Å². The van der Waals surface area contributed by atoms with E-state index in [4.69, 9.17) is 11.6 Å². The number of amides is 1. The Morgan fingerprint density at radius 1 is 1.12 bits per heavy atom. The molecule has 1 amide bonds. The minimum absolute atomic E-state index is 0.0928. The summed E-state index contributed by atoms with van der Waals surface area (Å²) in [4.78, 5) is 26.8. The van der Waals surface area contributed by atoms with Gasteiger partial charge < -0.3 is 9.80 Å². The number of carbonyl (C=O) groups excluding carboxylic acids is 1. The molecule has 33 heavy (non-hydrogen) atoms. The molecule has 12 heteroatoms. The summed E-state index contributed by atoms with van der Waals surface area (Å²) in [5.41, 5.74) is -0.153. The molecule has 0 N–H and O–H groups in total. The maximum atomic E-state index is 14.1. The van der Waals surface area contributed by atoms with Crippen molar-refractivity contribution >= 4 is 38.9 Å². The molecule has 0 aliphatic carbocycles. The van der Waals surface area contributed by atoms with E-state index in [9.17, 15) is 27.7 Å². The lowest BCUT2D eigenvalue weighted by Crippen LogP contribution is -2.49. The highest BCUT2D eigenvalue weighted by atomic mass is 35.5. The predicted octanol–water partition coefficient (Wildman–Crippen LogP) is 3.38. The van der Waals surface area contributed by atoms with E-state index >= 15 is 0 Å². The van der Waals surface area contributed by atoms with Gasteiger partial charge in [-0.15, -0.1) is 0 Å². The molecule has 1 heterocycles. The lowest BCUT2D eigenvalue weighted by atomic mass is 10.1. The normalized spacial score (nSPS) is 14.6. The van der Waals surface area contributed by atoms with Gasteiger partial charge in [-0.2, -0.15) is 4.31 Å². The van der Waals surface area contributed by atoms with Crippen molar-refractivity contribution in [3.8, 4) is 0 Å². The van der Waals surface area contributed by atoms with E-state index in [-0.39, 0.29) is 66.1 Å². The summed E-state index contributed by atoms with van der Waals surface area (Å²) in [6.45, 7) is 4.86. The zero-order chi connectivity index (χ0) is 24.3. The first kappa shape index (κ1) is 24.9. The van der Waals surface area contributed by atoms with Gasteiger partial charge in [0.1, 0.15) is 11.5 Å². The van der Waals surface area contributed by atoms with Crippen molar-refractivity contribution in [1.82, 2.24) is 9.21 Å². The minimum Gasteiger partial charge on any atom is -0.362 e. The average molecular weight is 499 g/mol. The number of nitrogens with zero attached hydrogens (tertiary/aromatic N) is 4. The molecule has 1 saturated heterocycles. The maximum absolute atomic E-state index is 14.1. The van der Waals surface area contributed by atoms with Gasteiger partial charge in [0.25, 0.3) is 11.6 Å². The van der Waals surface area contributed by atoms with Gasteiger partial charge in [-0.25, -0.2) is 12.8 Å². The third-order valence-corrected chi connectivity index (χ3v) is 7.84. The van der Waals surface area contributed by atoms with Crippen LogP contribution in [-0.2, 0) is 10.0 Å². The molecule has 1 aliphatic rings. The van der Waals surface area contributed by atoms with Crippen LogP contribution in [0, 0.1) is 15.9 Å². The number of nitro groups is 1. The Morgan fingerprint density at radius 2 is 1.76 bits per heavy atom. The van der Waals surface area contributed by atoms with Crippen molar-refractivity contribution in [1.29, 1.82) is 0 Å². The number of halogens is 2. The third-order valence-electron chi connectivity index (χ3n) is 5.56. The van der Waals surface area contributed by atoms with E-state index in [0.717, 1.165) is 12.1 Å². The highest BCUT2D eigenvalue weighted by Crippen LogP contribution is 2.32. The van der Waals surface area contributed by atoms with Crippen LogP contribution in [0.2, 0.25) is 5.02 Å². The van der Waals surface area contributed by atoms with Gasteiger partial charge in [-0.3, -0.25) is 14.9 Å². The van der Waals surface area contributed by atoms with Crippen LogP contribution in [0.15, 0.2) is 41.3 Å². The second-order valence-electron chi connectivity index (χ2n) is 7.40. The third kappa shape index (κ3) is 5.10. The molecule has 9 nitrogen and oxygen atoms in total. The van der Waals surface area contributed by atoms with Crippen LogP contribution in [0.1, 0.15) is 24.2 Å². The first-order valence-electron chi connectivity index (χ1n) is 10.4. The molecule has 2 aromatic carbocycles. The number of nitro benzene ring substituents is 1. The van der Waals surface area contributed by atoms with Crippen molar-refractivity contribution in [2.24, 2.45) is 0 Å². The van der Waals surface area contributed by atoms with E-state index in [1.54, 1.807) is 18.7 Å². The lowest BCUT2D eigenvalue weighted by Gasteiger charge is -2.36. The number of sulfonamides is 1. The van der Waals surface area contributed by atoms with Crippen LogP contribution in [0.25, 0.3) is 0 Å². The van der Waals surface area contributed by atoms with E-state index < -0.39 is 26.7 Å². The predicted molar refractivity (Wildman–Crippen MR) is 123 cm³/mol. The maximum Gasteiger partial charge on any atom is 0.293 e. The monoisotopic (exact) mass is 498 g/mol. The van der Waals surface area contributed by atoms with Gasteiger partial charge in [-0.05, 0) is 30.3 Å². The second kappa shape index (κ2) is 10.0. The Balaban J connectivity index is 1.81. The summed E-state index contributed by atoms with van der Waals surface area (Å²) in [5.74, 6) is -1.20. The van der Waals surface area contributed by atoms with Crippen LogP contribution in [0.5, 0.6) is 0 Å². The largest absolute Gasteiger partial charge is 0.362 e. The first-order valence-corrected chi connectivity index (χ1v) is 12.2. The molecule has 0 radical (unpaired) electrons. The van der Waals surface area contributed by atoms with Gasteiger partial charge in [0.15, 0.2) is 0 Å². The van der Waals surface area contributed by atoms with Crippen molar-refractivity contribution in [2.75, 3.05) is 44.2 Å². The zero-order valence-electron chi connectivity index (χ0n) is 18.2. The fourth-order valence-corrected chi connectivity index (χ4v) is 5.41. The summed E-state index contributed by atoms with van der Waals surface area (Å²) in [6.07, 6.45) is 0. The fourth-order valence-electron chi connectivity index (χ4n) is 3.77. The molecule has 0 spiro atoms. The van der Waals surface area contributed by atoms with Gasteiger partial charge in [0.05, 0.1) is 15.4 Å². The molecular formula is C21H24ClFN4O5S. The van der Waals surface area contributed by atoms with Crippen molar-refractivity contribution in [2.45, 2.75) is 18.7 Å². The molecule has 0 saturated carbocycles. The number of piperazine rings is 1. The Morgan fingerprint density at radius 3 is 2.30 bits per heavy atom. The molecule has 3 rings (SSSR count). The quantitative estimate of drug-likeness (QED) is 0.428. The molecule has 0 aromatic heterocycles. The van der Waals surface area contributed by atoms with Gasteiger partial charge in [-0.1, -0.05) is 25.4 Å². The number of carbonyl (C=O) groups is 1. The fraction of sp³-hybridized carbons (Fsp3) is 0.381. The van der Waals surface area contributed by atoms with Crippen molar-refractivity contribution in [3.05, 3.63) is 62.9 Å². The highest BCUT2D eigenvalue weighted by molar-refractivity contribution is 7.89. The molecule has 2 aromatic rings. The Bertz CT molecular complexity index is 1170. The topological polar surface area (TPSA) is 104 Å². The van der Waals surface area contributed by atoms with Gasteiger partial charge in [0, 0.05) is 50.4 Å². The summed E-state index contributed by atoms with van der Waals surface area (Å²) >= 11 is 5.74. The molecule has 0 atom stereocenters. The van der Waals surface area contributed by atoms with Crippen LogP contribution >= 0.6 is 11.6 Å². The number of hydrogen-bond acceptors (Lipinski definition) is 6. The summed E-state index contributed by atoms with van der Waals surface area (Å²) in [7, 11) is -3.85. The molecule has 178 valence electrons. The number of rotatable bonds is 7. The summed E-state index contributed by atoms with van der Waals surface area (Å²) < 4.78 is 40.9. The van der Waals surface area contributed by atoms with Gasteiger partial charge >= 0.3 is 0 Å². The van der Waals surface area contributed by atoms with Crippen LogP contribution in [-0.4, -0.2) is 67.7 Å². The van der Waals surface area contributed by atoms with E-state index in [1.807, 2.05) is 0 Å². The smallest absolute Gasteiger partial charge is 0.293 e. The number of hydrogen-bond donors (Lipinski definition) is 0. The molecule has 1 aliphatic heterocycles. The Labute approximate surface area is 196 Å². The Hall–Kier alpha value is -2.76. The Kier molecular flexibility index (Phi) is 7.55. The van der Waals surface area contributed by atoms with E-state index in [2.05, 4.69) is 0 Å². The van der Waals surface area contributed by atoms with E-state index in [0.29, 0.717) is 0 Å². The molecular weight excluding hydrogens is 475 g/mol. The van der Waals surface area contributed by atoms with Crippen LogP contribution < -0.4 is 4.90 Å². The highest BCUT2D eigenvalue weighted by Gasteiger charge is 2.30. The van der Waals surface area contributed by atoms with Crippen molar-refractivity contribution in [3.63, 3.8) is 0 Å². The SMILES string of the molecule is CCN(CC)S(=O)(=O)c1ccc(N2CCN(C(=O)c3ccc(Cl)cc3F)CC2)c([N+](=O)[O-])c1. The number of anilines is 1. The van der Waals surface area contributed by atoms with Crippen LogP contribution in [0.3, 0.4) is 0 Å². The van der Waals surface area contributed by atoms with E-state index in [1.165, 1.54) is 33.5 Å². The van der Waals surface area contributed by atoms with Crippen LogP contribution in [0.4, 0.5) is 15.8 Å². The summed E-state index contributed by atoms with van der Waals surface area (Å²) in [6, 6.07) is 7.69. The lowest BCUT2D eigenvalue weighted by molar-refractivity contribution is -0.384. The number of benzene rings is 2.